The third-order valence-electron chi connectivity index (χ3n) is 2.09. The van der Waals surface area contributed by atoms with Gasteiger partial charge in [-0.25, -0.2) is 4.36 Å². The normalized spacial score (nSPS) is 28.0. The maximum absolute atomic E-state index is 11.6. The van der Waals surface area contributed by atoms with Crippen molar-refractivity contribution in [3.8, 4) is 0 Å². The highest BCUT2D eigenvalue weighted by Crippen LogP contribution is 1.99. The van der Waals surface area contributed by atoms with Crippen LogP contribution in [0.5, 0.6) is 0 Å². The van der Waals surface area contributed by atoms with E-state index in [0.29, 0.717) is 12.3 Å². The largest absolute Gasteiger partial charge is 0.374 e. The zero-order valence-corrected chi connectivity index (χ0v) is 9.10. The Kier molecular flexibility index (Phi) is 4.15. The summed E-state index contributed by atoms with van der Waals surface area (Å²) in [6.45, 7) is 4.91. The number of hydrogen-bond donors (Lipinski definition) is 1. The quantitative estimate of drug-likeness (QED) is 0.712. The molecule has 1 fully saturated rings. The Balaban J connectivity index is 2.40. The molecule has 0 bridgehead atoms. The molecular formula is C8H18N2O2S. The van der Waals surface area contributed by atoms with Gasteiger partial charge in [-0.05, 0) is 0 Å². The summed E-state index contributed by atoms with van der Waals surface area (Å²) in [5.41, 5.74) is 0. The van der Waals surface area contributed by atoms with Crippen molar-refractivity contribution in [2.24, 2.45) is 4.36 Å². The number of nitrogens with zero attached hydrogens (tertiary/aromatic N) is 1. The summed E-state index contributed by atoms with van der Waals surface area (Å²) in [6.07, 6.45) is 1.81. The molecule has 13 heavy (non-hydrogen) atoms. The maximum Gasteiger partial charge on any atom is 0.0902 e. The van der Waals surface area contributed by atoms with E-state index in [1.165, 1.54) is 0 Å². The molecule has 0 aromatic carbocycles. The molecule has 0 aliphatic carbocycles. The molecule has 0 saturated carbocycles. The standard InChI is InChI=1S/C8H18N2O2S/c1-3-13(2,11)10-7-8-6-9-4-5-12-8/h8-9H,3-7H2,1-2H3. The number of ether oxygens (including phenoxy) is 1. The minimum atomic E-state index is -1.95. The summed E-state index contributed by atoms with van der Waals surface area (Å²) >= 11 is 0. The molecule has 1 rings (SSSR count). The Hall–Kier alpha value is -0.130. The van der Waals surface area contributed by atoms with Gasteiger partial charge in [-0.3, -0.25) is 4.21 Å². The molecule has 2 unspecified atom stereocenters. The molecule has 4 nitrogen and oxygen atoms in total. The van der Waals surface area contributed by atoms with Gasteiger partial charge in [0.05, 0.1) is 19.3 Å². The van der Waals surface area contributed by atoms with Crippen LogP contribution in [0.3, 0.4) is 0 Å². The summed E-state index contributed by atoms with van der Waals surface area (Å²) in [5, 5.41) is 3.21. The first-order valence-electron chi connectivity index (χ1n) is 4.62. The van der Waals surface area contributed by atoms with E-state index in [1.54, 1.807) is 6.26 Å². The second kappa shape index (κ2) is 4.93. The number of morpholine rings is 1. The van der Waals surface area contributed by atoms with Crippen LogP contribution >= 0.6 is 0 Å². The van der Waals surface area contributed by atoms with E-state index in [4.69, 9.17) is 4.74 Å². The van der Waals surface area contributed by atoms with Crippen molar-refractivity contribution in [3.05, 3.63) is 0 Å². The van der Waals surface area contributed by atoms with E-state index in [-0.39, 0.29) is 6.10 Å². The molecule has 0 radical (unpaired) electrons. The molecule has 1 heterocycles. The van der Waals surface area contributed by atoms with Crippen molar-refractivity contribution in [3.63, 3.8) is 0 Å². The molecule has 0 amide bonds. The van der Waals surface area contributed by atoms with Crippen LogP contribution in [-0.4, -0.2) is 48.6 Å². The van der Waals surface area contributed by atoms with Gasteiger partial charge < -0.3 is 10.1 Å². The van der Waals surface area contributed by atoms with E-state index >= 15 is 0 Å². The Morgan fingerprint density at radius 1 is 1.69 bits per heavy atom. The minimum absolute atomic E-state index is 0.112. The third-order valence-corrected chi connectivity index (χ3v) is 3.86. The fourth-order valence-corrected chi connectivity index (χ4v) is 1.73. The lowest BCUT2D eigenvalue weighted by Gasteiger charge is -2.22. The zero-order valence-electron chi connectivity index (χ0n) is 8.28. The molecule has 0 aromatic rings. The Labute approximate surface area is 80.2 Å². The fraction of sp³-hybridized carbons (Fsp3) is 1.00. The highest BCUT2D eigenvalue weighted by molar-refractivity contribution is 7.92. The van der Waals surface area contributed by atoms with Gasteiger partial charge in [0.25, 0.3) is 0 Å². The second-order valence-corrected chi connectivity index (χ2v) is 6.01. The van der Waals surface area contributed by atoms with Crippen LogP contribution in [0.2, 0.25) is 0 Å². The van der Waals surface area contributed by atoms with Gasteiger partial charge >= 0.3 is 0 Å². The predicted octanol–water partition coefficient (Wildman–Crippen LogP) is 0.0925. The van der Waals surface area contributed by atoms with Gasteiger partial charge in [-0.15, -0.1) is 0 Å². The Morgan fingerprint density at radius 2 is 2.46 bits per heavy atom. The SMILES string of the molecule is CCS(C)(=O)=NCC1CNCCO1. The van der Waals surface area contributed by atoms with Gasteiger partial charge in [0, 0.05) is 34.8 Å². The summed E-state index contributed by atoms with van der Waals surface area (Å²) < 4.78 is 21.2. The summed E-state index contributed by atoms with van der Waals surface area (Å²) in [4.78, 5) is 0. The minimum Gasteiger partial charge on any atom is -0.374 e. The van der Waals surface area contributed by atoms with Crippen molar-refractivity contribution in [2.45, 2.75) is 13.0 Å². The first kappa shape index (κ1) is 10.9. The van der Waals surface area contributed by atoms with Crippen LogP contribution < -0.4 is 5.32 Å². The fourth-order valence-electron chi connectivity index (χ4n) is 1.07. The molecule has 78 valence electrons. The summed E-state index contributed by atoms with van der Waals surface area (Å²) in [6, 6.07) is 0. The van der Waals surface area contributed by atoms with E-state index in [2.05, 4.69) is 9.68 Å². The van der Waals surface area contributed by atoms with E-state index in [1.807, 2.05) is 6.92 Å². The highest BCUT2D eigenvalue weighted by Gasteiger charge is 2.12. The molecule has 1 aliphatic rings. The lowest BCUT2D eigenvalue weighted by molar-refractivity contribution is 0.0352. The predicted molar refractivity (Wildman–Crippen MR) is 54.5 cm³/mol. The van der Waals surface area contributed by atoms with E-state index in [9.17, 15) is 4.21 Å². The number of hydrogen-bond acceptors (Lipinski definition) is 4. The molecular weight excluding hydrogens is 188 g/mol. The number of nitrogens with one attached hydrogen (secondary N) is 1. The average molecular weight is 206 g/mol. The van der Waals surface area contributed by atoms with Crippen LogP contribution in [0.4, 0.5) is 0 Å². The monoisotopic (exact) mass is 206 g/mol. The molecule has 1 aliphatic heterocycles. The molecule has 5 heteroatoms. The maximum atomic E-state index is 11.6. The molecule has 0 aromatic heterocycles. The van der Waals surface area contributed by atoms with Crippen molar-refractivity contribution < 1.29 is 8.95 Å². The van der Waals surface area contributed by atoms with Gasteiger partial charge in [0.15, 0.2) is 0 Å². The van der Waals surface area contributed by atoms with E-state index < -0.39 is 9.73 Å². The van der Waals surface area contributed by atoms with Crippen LogP contribution in [0.25, 0.3) is 0 Å². The van der Waals surface area contributed by atoms with Crippen LogP contribution in [0.15, 0.2) is 4.36 Å². The van der Waals surface area contributed by atoms with Crippen LogP contribution in [0, 0.1) is 0 Å². The first-order valence-corrected chi connectivity index (χ1v) is 6.71. The lowest BCUT2D eigenvalue weighted by atomic mass is 10.3. The summed E-state index contributed by atoms with van der Waals surface area (Å²) in [5.74, 6) is 0.618. The lowest BCUT2D eigenvalue weighted by Crippen LogP contribution is -2.40. The zero-order chi connectivity index (χ0) is 9.73. The van der Waals surface area contributed by atoms with Crippen molar-refractivity contribution in [2.75, 3.05) is 38.2 Å². The van der Waals surface area contributed by atoms with Crippen molar-refractivity contribution >= 4 is 9.73 Å². The Morgan fingerprint density at radius 3 is 3.00 bits per heavy atom. The summed E-state index contributed by atoms with van der Waals surface area (Å²) in [7, 11) is -1.95. The van der Waals surface area contributed by atoms with Crippen LogP contribution in [0.1, 0.15) is 6.92 Å². The van der Waals surface area contributed by atoms with Crippen LogP contribution in [-0.2, 0) is 14.5 Å². The smallest absolute Gasteiger partial charge is 0.0902 e. The van der Waals surface area contributed by atoms with Gasteiger partial charge in [-0.1, -0.05) is 6.92 Å². The topological polar surface area (TPSA) is 50.7 Å². The molecule has 2 atom stereocenters. The highest BCUT2D eigenvalue weighted by atomic mass is 32.2. The van der Waals surface area contributed by atoms with Gasteiger partial charge in [-0.2, -0.15) is 0 Å². The molecule has 0 spiro atoms. The second-order valence-electron chi connectivity index (χ2n) is 3.26. The first-order chi connectivity index (χ1) is 6.14. The Bertz CT molecular complexity index is 253. The van der Waals surface area contributed by atoms with E-state index in [0.717, 1.165) is 19.7 Å². The van der Waals surface area contributed by atoms with Crippen molar-refractivity contribution in [1.29, 1.82) is 0 Å². The molecule has 1 saturated heterocycles. The van der Waals surface area contributed by atoms with Gasteiger partial charge in [0.2, 0.25) is 0 Å². The third kappa shape index (κ3) is 4.06. The molecule has 1 N–H and O–H groups in total. The average Bonchev–Trinajstić information content (AvgIpc) is 2.17. The van der Waals surface area contributed by atoms with Crippen molar-refractivity contribution in [1.82, 2.24) is 5.32 Å². The number of rotatable bonds is 3. The van der Waals surface area contributed by atoms with Gasteiger partial charge in [0.1, 0.15) is 0 Å².